The quantitative estimate of drug-likeness (QED) is 0.707. The lowest BCUT2D eigenvalue weighted by Crippen LogP contribution is -2.22. The van der Waals surface area contributed by atoms with Crippen LogP contribution in [0, 0.1) is 0 Å². The summed E-state index contributed by atoms with van der Waals surface area (Å²) < 4.78 is 29.0. The number of benzene rings is 1. The van der Waals surface area contributed by atoms with Crippen LogP contribution in [0.3, 0.4) is 0 Å². The molecule has 2 aromatic rings. The number of amides is 1. The molecule has 1 N–H and O–H groups in total. The first-order valence-electron chi connectivity index (χ1n) is 8.75. The van der Waals surface area contributed by atoms with Crippen molar-refractivity contribution in [2.75, 3.05) is 42.8 Å². The zero-order valence-electron chi connectivity index (χ0n) is 15.8. The standard InChI is InChI=1S/C19H25N3O4S/c1-4-22(5-2)18-11-8-16(14-20-18)21-19(23)15-6-9-17(10-7-15)27(24,25)13-12-26-3/h6-11,14H,4-5,12-13H2,1-3H3,(H,21,23). The summed E-state index contributed by atoms with van der Waals surface area (Å²) in [4.78, 5) is 19.0. The number of nitrogens with zero attached hydrogens (tertiary/aromatic N) is 2. The van der Waals surface area contributed by atoms with Crippen molar-refractivity contribution >= 4 is 27.2 Å². The van der Waals surface area contributed by atoms with Crippen molar-refractivity contribution in [2.45, 2.75) is 18.7 Å². The summed E-state index contributed by atoms with van der Waals surface area (Å²) in [5.74, 6) is 0.427. The van der Waals surface area contributed by atoms with E-state index in [9.17, 15) is 13.2 Å². The first kappa shape index (κ1) is 20.9. The molecule has 0 saturated heterocycles. The Morgan fingerprint density at radius 2 is 1.78 bits per heavy atom. The maximum absolute atomic E-state index is 12.4. The molecule has 0 unspecified atom stereocenters. The van der Waals surface area contributed by atoms with Gasteiger partial charge in [0.15, 0.2) is 9.84 Å². The van der Waals surface area contributed by atoms with E-state index in [1.165, 1.54) is 31.4 Å². The van der Waals surface area contributed by atoms with Gasteiger partial charge in [-0.2, -0.15) is 0 Å². The van der Waals surface area contributed by atoms with Crippen molar-refractivity contribution in [1.82, 2.24) is 4.98 Å². The Morgan fingerprint density at radius 3 is 2.30 bits per heavy atom. The van der Waals surface area contributed by atoms with Gasteiger partial charge >= 0.3 is 0 Å². The molecule has 1 aromatic heterocycles. The van der Waals surface area contributed by atoms with Crippen LogP contribution in [0.25, 0.3) is 0 Å². The van der Waals surface area contributed by atoms with Gasteiger partial charge in [0.25, 0.3) is 5.91 Å². The fraction of sp³-hybridized carbons (Fsp3) is 0.368. The highest BCUT2D eigenvalue weighted by molar-refractivity contribution is 7.91. The van der Waals surface area contributed by atoms with Crippen molar-refractivity contribution in [3.63, 3.8) is 0 Å². The highest BCUT2D eigenvalue weighted by Crippen LogP contribution is 2.16. The molecule has 1 heterocycles. The van der Waals surface area contributed by atoms with E-state index in [1.807, 2.05) is 6.07 Å². The number of hydrogen-bond acceptors (Lipinski definition) is 6. The SMILES string of the molecule is CCN(CC)c1ccc(NC(=O)c2ccc(S(=O)(=O)CCOC)cc2)cn1. The lowest BCUT2D eigenvalue weighted by atomic mass is 10.2. The van der Waals surface area contributed by atoms with Crippen molar-refractivity contribution in [3.05, 3.63) is 48.2 Å². The molecule has 0 aliphatic carbocycles. The van der Waals surface area contributed by atoms with E-state index in [4.69, 9.17) is 4.74 Å². The summed E-state index contributed by atoms with van der Waals surface area (Å²) in [6, 6.07) is 9.50. The Morgan fingerprint density at radius 1 is 1.11 bits per heavy atom. The van der Waals surface area contributed by atoms with E-state index in [1.54, 1.807) is 12.3 Å². The number of sulfone groups is 1. The average molecular weight is 391 g/mol. The van der Waals surface area contributed by atoms with E-state index in [-0.39, 0.29) is 23.2 Å². The van der Waals surface area contributed by atoms with Gasteiger partial charge in [-0.05, 0) is 50.2 Å². The Kier molecular flexibility index (Phi) is 7.32. The second kappa shape index (κ2) is 9.48. The molecule has 0 atom stereocenters. The third kappa shape index (κ3) is 5.51. The Labute approximate surface area is 160 Å². The summed E-state index contributed by atoms with van der Waals surface area (Å²) >= 11 is 0. The minimum absolute atomic E-state index is 0.0976. The largest absolute Gasteiger partial charge is 0.384 e. The summed E-state index contributed by atoms with van der Waals surface area (Å²) in [6.45, 7) is 5.95. The minimum atomic E-state index is -3.41. The smallest absolute Gasteiger partial charge is 0.255 e. The van der Waals surface area contributed by atoms with Crippen LogP contribution in [0.15, 0.2) is 47.5 Å². The molecule has 27 heavy (non-hydrogen) atoms. The van der Waals surface area contributed by atoms with Gasteiger partial charge in [-0.3, -0.25) is 4.79 Å². The van der Waals surface area contributed by atoms with E-state index >= 15 is 0 Å². The second-order valence-corrected chi connectivity index (χ2v) is 7.98. The van der Waals surface area contributed by atoms with Gasteiger partial charge in [0.05, 0.1) is 29.1 Å². The van der Waals surface area contributed by atoms with Crippen LogP contribution in [0.4, 0.5) is 11.5 Å². The molecule has 1 amide bonds. The molecule has 8 heteroatoms. The number of nitrogens with one attached hydrogen (secondary N) is 1. The molecule has 0 spiro atoms. The van der Waals surface area contributed by atoms with Crippen LogP contribution >= 0.6 is 0 Å². The van der Waals surface area contributed by atoms with Gasteiger partial charge in [0.2, 0.25) is 0 Å². The van der Waals surface area contributed by atoms with Crippen molar-refractivity contribution in [3.8, 4) is 0 Å². The Bertz CT molecular complexity index is 846. The molecule has 0 saturated carbocycles. The van der Waals surface area contributed by atoms with Crippen LogP contribution < -0.4 is 10.2 Å². The number of hydrogen-bond donors (Lipinski definition) is 1. The summed E-state index contributed by atoms with van der Waals surface area (Å²) in [6.07, 6.45) is 1.61. The molecule has 146 valence electrons. The molecular weight excluding hydrogens is 366 g/mol. The lowest BCUT2D eigenvalue weighted by molar-refractivity contribution is 0.102. The highest BCUT2D eigenvalue weighted by atomic mass is 32.2. The van der Waals surface area contributed by atoms with Crippen LogP contribution in [-0.4, -0.2) is 51.9 Å². The molecule has 0 aliphatic heterocycles. The number of rotatable bonds is 9. The molecule has 1 aromatic carbocycles. The normalized spacial score (nSPS) is 11.2. The van der Waals surface area contributed by atoms with E-state index in [0.29, 0.717) is 11.3 Å². The van der Waals surface area contributed by atoms with Crippen LogP contribution in [0.5, 0.6) is 0 Å². The summed E-state index contributed by atoms with van der Waals surface area (Å²) in [5.41, 5.74) is 0.946. The fourth-order valence-corrected chi connectivity index (χ4v) is 3.70. The number of aromatic nitrogens is 1. The highest BCUT2D eigenvalue weighted by Gasteiger charge is 2.15. The number of ether oxygens (including phenoxy) is 1. The van der Waals surface area contributed by atoms with Crippen LogP contribution in [-0.2, 0) is 14.6 Å². The van der Waals surface area contributed by atoms with Gasteiger partial charge in [-0.15, -0.1) is 0 Å². The zero-order chi connectivity index (χ0) is 19.9. The zero-order valence-corrected chi connectivity index (χ0v) is 16.6. The van der Waals surface area contributed by atoms with Gasteiger partial charge in [-0.25, -0.2) is 13.4 Å². The number of carbonyl (C=O) groups is 1. The summed E-state index contributed by atoms with van der Waals surface area (Å²) in [7, 11) is -1.96. The van der Waals surface area contributed by atoms with Crippen molar-refractivity contribution < 1.29 is 17.9 Å². The third-order valence-electron chi connectivity index (χ3n) is 4.12. The number of pyridine rings is 1. The minimum Gasteiger partial charge on any atom is -0.384 e. The first-order chi connectivity index (χ1) is 12.9. The Balaban J connectivity index is 2.06. The van der Waals surface area contributed by atoms with Crippen molar-refractivity contribution in [2.24, 2.45) is 0 Å². The number of carbonyl (C=O) groups excluding carboxylic acids is 1. The van der Waals surface area contributed by atoms with Gasteiger partial charge in [-0.1, -0.05) is 0 Å². The van der Waals surface area contributed by atoms with E-state index < -0.39 is 9.84 Å². The number of methoxy groups -OCH3 is 1. The Hall–Kier alpha value is -2.45. The predicted octanol–water partition coefficient (Wildman–Crippen LogP) is 2.60. The van der Waals surface area contributed by atoms with Crippen molar-refractivity contribution in [1.29, 1.82) is 0 Å². The average Bonchev–Trinajstić information content (AvgIpc) is 2.68. The second-order valence-electron chi connectivity index (χ2n) is 5.87. The number of anilines is 2. The fourth-order valence-electron chi connectivity index (χ4n) is 2.52. The monoisotopic (exact) mass is 391 g/mol. The van der Waals surface area contributed by atoms with Gasteiger partial charge in [0, 0.05) is 25.8 Å². The maximum atomic E-state index is 12.4. The third-order valence-corrected chi connectivity index (χ3v) is 5.82. The first-order valence-corrected chi connectivity index (χ1v) is 10.4. The maximum Gasteiger partial charge on any atom is 0.255 e. The predicted molar refractivity (Wildman–Crippen MR) is 106 cm³/mol. The molecule has 0 bridgehead atoms. The molecular formula is C19H25N3O4S. The molecule has 0 fully saturated rings. The molecule has 7 nitrogen and oxygen atoms in total. The molecule has 0 radical (unpaired) electrons. The van der Waals surface area contributed by atoms with Crippen LogP contribution in [0.1, 0.15) is 24.2 Å². The van der Waals surface area contributed by atoms with E-state index in [0.717, 1.165) is 18.9 Å². The van der Waals surface area contributed by atoms with Gasteiger partial charge < -0.3 is 15.0 Å². The van der Waals surface area contributed by atoms with Crippen LogP contribution in [0.2, 0.25) is 0 Å². The van der Waals surface area contributed by atoms with Gasteiger partial charge in [0.1, 0.15) is 5.82 Å². The summed E-state index contributed by atoms with van der Waals surface area (Å²) in [5, 5.41) is 2.76. The lowest BCUT2D eigenvalue weighted by Gasteiger charge is -2.19. The molecule has 0 aliphatic rings. The van der Waals surface area contributed by atoms with E-state index in [2.05, 4.69) is 29.0 Å². The topological polar surface area (TPSA) is 88.6 Å². The molecule has 2 rings (SSSR count).